The van der Waals surface area contributed by atoms with Gasteiger partial charge in [0.15, 0.2) is 0 Å². The molecular weight excluding hydrogens is 300 g/mol. The number of fused-ring (bicyclic) bond motifs is 1. The summed E-state index contributed by atoms with van der Waals surface area (Å²) in [7, 11) is 0. The summed E-state index contributed by atoms with van der Waals surface area (Å²) in [4.78, 5) is 8.70. The summed E-state index contributed by atoms with van der Waals surface area (Å²) in [5.74, 6) is 0.504. The molecule has 0 radical (unpaired) electrons. The first-order valence-corrected chi connectivity index (χ1v) is 9.12. The van der Waals surface area contributed by atoms with E-state index in [1.807, 2.05) is 24.9 Å². The number of aliphatic hydroxyl groups excluding tert-OH is 1. The van der Waals surface area contributed by atoms with E-state index in [-0.39, 0.29) is 12.1 Å². The average Bonchev–Trinajstić information content (AvgIpc) is 3.23. The Bertz CT molecular complexity index is 670. The number of hydrogen-bond acceptors (Lipinski definition) is 4. The van der Waals surface area contributed by atoms with Crippen molar-refractivity contribution in [1.29, 1.82) is 0 Å². The van der Waals surface area contributed by atoms with Gasteiger partial charge in [0.2, 0.25) is 0 Å². The fourth-order valence-corrected chi connectivity index (χ4v) is 4.30. The van der Waals surface area contributed by atoms with Crippen LogP contribution in [0.5, 0.6) is 0 Å². The molecule has 128 valence electrons. The van der Waals surface area contributed by atoms with Crippen LogP contribution in [-0.2, 0) is 25.9 Å². The zero-order valence-corrected chi connectivity index (χ0v) is 14.1. The number of nitrogens with zero attached hydrogens (tertiary/aromatic N) is 3. The van der Waals surface area contributed by atoms with Gasteiger partial charge in [-0.2, -0.15) is 0 Å². The predicted molar refractivity (Wildman–Crippen MR) is 92.5 cm³/mol. The van der Waals surface area contributed by atoms with Gasteiger partial charge in [-0.05, 0) is 61.6 Å². The van der Waals surface area contributed by atoms with E-state index in [0.717, 1.165) is 32.4 Å². The molecule has 0 spiro atoms. The number of rotatable bonds is 5. The Hall–Kier alpha value is -1.72. The van der Waals surface area contributed by atoms with E-state index in [4.69, 9.17) is 0 Å². The van der Waals surface area contributed by atoms with E-state index in [1.54, 1.807) is 0 Å². The van der Waals surface area contributed by atoms with Gasteiger partial charge in [0.25, 0.3) is 0 Å². The molecule has 0 aromatic carbocycles. The molecule has 5 heteroatoms. The molecule has 1 fully saturated rings. The van der Waals surface area contributed by atoms with Crippen LogP contribution in [0.4, 0.5) is 0 Å². The Morgan fingerprint density at radius 3 is 3.00 bits per heavy atom. The van der Waals surface area contributed by atoms with Crippen molar-refractivity contribution >= 4 is 0 Å². The summed E-state index contributed by atoms with van der Waals surface area (Å²) in [6, 6.07) is 2.34. The van der Waals surface area contributed by atoms with E-state index >= 15 is 0 Å². The molecule has 3 atom stereocenters. The van der Waals surface area contributed by atoms with Crippen molar-refractivity contribution in [2.24, 2.45) is 5.92 Å². The van der Waals surface area contributed by atoms with Crippen LogP contribution in [-0.4, -0.2) is 31.8 Å². The minimum atomic E-state index is -0.266. The van der Waals surface area contributed by atoms with Crippen molar-refractivity contribution in [2.75, 3.05) is 0 Å². The number of aliphatic hydroxyl groups is 1. The van der Waals surface area contributed by atoms with Crippen LogP contribution in [0.2, 0.25) is 0 Å². The second kappa shape index (κ2) is 7.03. The van der Waals surface area contributed by atoms with Crippen molar-refractivity contribution in [1.82, 2.24) is 19.9 Å². The normalized spacial score (nSPS) is 26.5. The molecule has 2 aliphatic rings. The summed E-state index contributed by atoms with van der Waals surface area (Å²) in [6.45, 7) is 1.71. The molecule has 4 rings (SSSR count). The fourth-order valence-electron chi connectivity index (χ4n) is 4.30. The fraction of sp³-hybridized carbons (Fsp3) is 0.579. The smallest absolute Gasteiger partial charge is 0.0945 e. The molecular formula is C19H26N4O. The zero-order chi connectivity index (χ0) is 16.4. The zero-order valence-electron chi connectivity index (χ0n) is 14.1. The van der Waals surface area contributed by atoms with E-state index in [2.05, 4.69) is 25.9 Å². The summed E-state index contributed by atoms with van der Waals surface area (Å²) >= 11 is 0. The molecule has 2 aliphatic carbocycles. The van der Waals surface area contributed by atoms with Gasteiger partial charge in [0.1, 0.15) is 0 Å². The third kappa shape index (κ3) is 3.37. The minimum absolute atomic E-state index is 0.166. The summed E-state index contributed by atoms with van der Waals surface area (Å²) in [6.07, 6.45) is 14.1. The number of hydrogen-bond donors (Lipinski definition) is 2. The van der Waals surface area contributed by atoms with Crippen molar-refractivity contribution in [3.8, 4) is 0 Å². The second-order valence-corrected chi connectivity index (χ2v) is 7.25. The largest absolute Gasteiger partial charge is 0.391 e. The number of pyridine rings is 1. The molecule has 5 nitrogen and oxygen atoms in total. The van der Waals surface area contributed by atoms with Crippen LogP contribution in [0, 0.1) is 5.92 Å². The van der Waals surface area contributed by atoms with Gasteiger partial charge in [-0.3, -0.25) is 4.98 Å². The van der Waals surface area contributed by atoms with Crippen LogP contribution in [0.15, 0.2) is 31.0 Å². The van der Waals surface area contributed by atoms with Crippen molar-refractivity contribution in [3.05, 3.63) is 47.8 Å². The molecule has 0 saturated heterocycles. The quantitative estimate of drug-likeness (QED) is 0.883. The third-order valence-electron chi connectivity index (χ3n) is 5.55. The number of aromatic nitrogens is 3. The summed E-state index contributed by atoms with van der Waals surface area (Å²) < 4.78 is 2.11. The van der Waals surface area contributed by atoms with E-state index in [0.29, 0.717) is 5.92 Å². The molecule has 0 bridgehead atoms. The number of imidazole rings is 1. The molecule has 2 aromatic heterocycles. The maximum atomic E-state index is 10.4. The van der Waals surface area contributed by atoms with Crippen molar-refractivity contribution < 1.29 is 5.11 Å². The summed E-state index contributed by atoms with van der Waals surface area (Å²) in [5.41, 5.74) is 4.09. The van der Waals surface area contributed by atoms with E-state index in [9.17, 15) is 5.11 Å². The first-order valence-electron chi connectivity index (χ1n) is 9.12. The maximum absolute atomic E-state index is 10.4. The number of aryl methyl sites for hydroxylation is 1. The Morgan fingerprint density at radius 1 is 1.21 bits per heavy atom. The molecule has 2 heterocycles. The monoisotopic (exact) mass is 326 g/mol. The predicted octanol–water partition coefficient (Wildman–Crippen LogP) is 2.09. The Morgan fingerprint density at radius 2 is 2.12 bits per heavy atom. The highest BCUT2D eigenvalue weighted by molar-refractivity contribution is 5.32. The Kier molecular flexibility index (Phi) is 4.63. The van der Waals surface area contributed by atoms with Crippen LogP contribution in [0.25, 0.3) is 0 Å². The topological polar surface area (TPSA) is 63.0 Å². The highest BCUT2D eigenvalue weighted by Crippen LogP contribution is 2.28. The molecule has 1 unspecified atom stereocenters. The second-order valence-electron chi connectivity index (χ2n) is 7.25. The van der Waals surface area contributed by atoms with Gasteiger partial charge < -0.3 is 15.0 Å². The molecule has 2 N–H and O–H groups in total. The van der Waals surface area contributed by atoms with Gasteiger partial charge >= 0.3 is 0 Å². The van der Waals surface area contributed by atoms with Crippen LogP contribution in [0.1, 0.15) is 42.5 Å². The van der Waals surface area contributed by atoms with Crippen LogP contribution < -0.4 is 5.32 Å². The van der Waals surface area contributed by atoms with Gasteiger partial charge in [-0.25, -0.2) is 4.98 Å². The van der Waals surface area contributed by atoms with Gasteiger partial charge in [-0.1, -0.05) is 0 Å². The van der Waals surface area contributed by atoms with Crippen molar-refractivity contribution in [2.45, 2.75) is 63.8 Å². The van der Waals surface area contributed by atoms with Crippen molar-refractivity contribution in [3.63, 3.8) is 0 Å². The molecule has 0 aliphatic heterocycles. The highest BCUT2D eigenvalue weighted by Gasteiger charge is 2.32. The third-order valence-corrected chi connectivity index (χ3v) is 5.55. The van der Waals surface area contributed by atoms with Gasteiger partial charge in [0.05, 0.1) is 18.1 Å². The lowest BCUT2D eigenvalue weighted by molar-refractivity contribution is 0.145. The first kappa shape index (κ1) is 15.8. The number of nitrogens with one attached hydrogen (secondary N) is 1. The van der Waals surface area contributed by atoms with E-state index in [1.165, 1.54) is 36.1 Å². The molecule has 0 amide bonds. The molecule has 1 saturated carbocycles. The standard InChI is InChI=1S/C19H26N4O/c24-19-10-14(12-23-8-7-20-13-23)9-17(19)22-11-18-16-4-2-1-3-15(16)5-6-21-18/h5-8,13-14,17,19,22,24H,1-4,9-12H2/t14?,17-,19-/m1/s1. The highest BCUT2D eigenvalue weighted by atomic mass is 16.3. The first-order chi connectivity index (χ1) is 11.8. The van der Waals surface area contributed by atoms with Gasteiger partial charge in [0, 0.05) is 37.7 Å². The molecule has 2 aromatic rings. The average molecular weight is 326 g/mol. The van der Waals surface area contributed by atoms with Crippen LogP contribution >= 0.6 is 0 Å². The Labute approximate surface area is 143 Å². The van der Waals surface area contributed by atoms with E-state index < -0.39 is 0 Å². The molecule has 24 heavy (non-hydrogen) atoms. The lowest BCUT2D eigenvalue weighted by Crippen LogP contribution is -2.35. The minimum Gasteiger partial charge on any atom is -0.391 e. The Balaban J connectivity index is 1.36. The lowest BCUT2D eigenvalue weighted by Gasteiger charge is -2.21. The lowest BCUT2D eigenvalue weighted by atomic mass is 9.91. The van der Waals surface area contributed by atoms with Crippen LogP contribution in [0.3, 0.4) is 0 Å². The summed E-state index contributed by atoms with van der Waals surface area (Å²) in [5, 5.41) is 14.0. The SMILES string of the molecule is O[C@@H]1CC(Cn2ccnc2)C[C@H]1NCc1nccc2c1CCCC2. The van der Waals surface area contributed by atoms with Gasteiger partial charge in [-0.15, -0.1) is 0 Å². The maximum Gasteiger partial charge on any atom is 0.0945 e.